The summed E-state index contributed by atoms with van der Waals surface area (Å²) in [6.45, 7) is 1.80. The number of carbonyl (C=O) groups excluding carboxylic acids is 2. The number of hydrogen-bond donors (Lipinski definition) is 1. The molecule has 0 radical (unpaired) electrons. The van der Waals surface area contributed by atoms with Crippen molar-refractivity contribution in [2.45, 2.75) is 67.5 Å². The van der Waals surface area contributed by atoms with E-state index in [1.165, 1.54) is 43.2 Å². The van der Waals surface area contributed by atoms with Crippen molar-refractivity contribution in [1.29, 1.82) is 0 Å². The van der Waals surface area contributed by atoms with Crippen LogP contribution in [0.15, 0.2) is 53.7 Å². The number of hydrogen-bond acceptors (Lipinski definition) is 6. The Bertz CT molecular complexity index is 1320. The van der Waals surface area contributed by atoms with E-state index in [0.717, 1.165) is 38.5 Å². The standard InChI is InChI=1S/C30H41N5O4S/c1-33(2)30(24-10-5-4-6-11-24)17-15-29(16-18-30)22-34(28(37)35(29)21-23-8-7-9-23)19-14-26(36)32-25-12-13-27(31-20-25)40(3,38)39/h4-6,10-13,20,23H,7-9,14-19,21-22H2,1-3H3,(H,32,36)/t29-,30+. The van der Waals surface area contributed by atoms with Crippen molar-refractivity contribution in [3.8, 4) is 0 Å². The van der Waals surface area contributed by atoms with Gasteiger partial charge in [0.2, 0.25) is 5.91 Å². The maximum atomic E-state index is 13.8. The number of sulfone groups is 1. The van der Waals surface area contributed by atoms with Gasteiger partial charge in [-0.3, -0.25) is 9.69 Å². The van der Waals surface area contributed by atoms with E-state index < -0.39 is 9.84 Å². The van der Waals surface area contributed by atoms with E-state index in [1.54, 1.807) is 0 Å². The van der Waals surface area contributed by atoms with Gasteiger partial charge in [-0.25, -0.2) is 18.2 Å². The Balaban J connectivity index is 1.26. The van der Waals surface area contributed by atoms with Gasteiger partial charge in [0.1, 0.15) is 0 Å². The van der Waals surface area contributed by atoms with Gasteiger partial charge in [0.05, 0.1) is 17.4 Å². The van der Waals surface area contributed by atoms with Crippen molar-refractivity contribution in [1.82, 2.24) is 19.7 Å². The fraction of sp³-hybridized carbons (Fsp3) is 0.567. The molecule has 216 valence electrons. The highest BCUT2D eigenvalue weighted by atomic mass is 32.2. The topological polar surface area (TPSA) is 103 Å². The number of amides is 3. The second-order valence-electron chi connectivity index (χ2n) is 12.1. The molecule has 0 bridgehead atoms. The van der Waals surface area contributed by atoms with Gasteiger partial charge in [0.15, 0.2) is 14.9 Å². The monoisotopic (exact) mass is 567 g/mol. The molecule has 1 aromatic carbocycles. The fourth-order valence-corrected chi connectivity index (χ4v) is 7.25. The molecule has 2 aliphatic carbocycles. The fourth-order valence-electron chi connectivity index (χ4n) is 6.69. The highest BCUT2D eigenvalue weighted by Crippen LogP contribution is 2.49. The first-order valence-corrected chi connectivity index (χ1v) is 16.2. The molecule has 2 saturated carbocycles. The summed E-state index contributed by atoms with van der Waals surface area (Å²) in [5.74, 6) is 0.341. The van der Waals surface area contributed by atoms with Crippen LogP contribution in [0.25, 0.3) is 0 Å². The van der Waals surface area contributed by atoms with Gasteiger partial charge in [-0.15, -0.1) is 0 Å². The molecule has 1 N–H and O–H groups in total. The van der Waals surface area contributed by atoms with Gasteiger partial charge in [0, 0.05) is 37.8 Å². The summed E-state index contributed by atoms with van der Waals surface area (Å²) in [5, 5.41) is 2.74. The van der Waals surface area contributed by atoms with Gasteiger partial charge in [-0.05, 0) is 76.2 Å². The van der Waals surface area contributed by atoms with Crippen molar-refractivity contribution in [3.63, 3.8) is 0 Å². The van der Waals surface area contributed by atoms with Crippen molar-refractivity contribution >= 4 is 27.5 Å². The molecule has 5 rings (SSSR count). The molecule has 3 fully saturated rings. The second kappa shape index (κ2) is 11.1. The van der Waals surface area contributed by atoms with Crippen LogP contribution >= 0.6 is 0 Å². The minimum Gasteiger partial charge on any atom is -0.325 e. The summed E-state index contributed by atoms with van der Waals surface area (Å²) in [7, 11) is 0.913. The van der Waals surface area contributed by atoms with Gasteiger partial charge in [0.25, 0.3) is 0 Å². The molecule has 1 aromatic heterocycles. The first kappa shape index (κ1) is 28.5. The molecule has 10 heteroatoms. The molecule has 1 saturated heterocycles. The molecule has 3 amide bonds. The Hall–Kier alpha value is -2.98. The zero-order valence-electron chi connectivity index (χ0n) is 23.8. The van der Waals surface area contributed by atoms with Crippen molar-refractivity contribution in [2.24, 2.45) is 5.92 Å². The van der Waals surface area contributed by atoms with Crippen LogP contribution in [0.4, 0.5) is 10.5 Å². The summed E-state index contributed by atoms with van der Waals surface area (Å²) in [5.41, 5.74) is 1.51. The van der Waals surface area contributed by atoms with E-state index in [9.17, 15) is 18.0 Å². The van der Waals surface area contributed by atoms with E-state index in [0.29, 0.717) is 24.7 Å². The lowest BCUT2D eigenvalue weighted by Gasteiger charge is -2.51. The zero-order chi connectivity index (χ0) is 28.5. The predicted molar refractivity (Wildman–Crippen MR) is 155 cm³/mol. The van der Waals surface area contributed by atoms with Crippen molar-refractivity contribution < 1.29 is 18.0 Å². The maximum absolute atomic E-state index is 13.8. The number of nitrogens with one attached hydrogen (secondary N) is 1. The van der Waals surface area contributed by atoms with Gasteiger partial charge < -0.3 is 15.1 Å². The molecule has 40 heavy (non-hydrogen) atoms. The van der Waals surface area contributed by atoms with E-state index in [1.807, 2.05) is 4.90 Å². The van der Waals surface area contributed by atoms with Crippen LogP contribution in [-0.2, 0) is 20.2 Å². The van der Waals surface area contributed by atoms with Crippen LogP contribution in [0.5, 0.6) is 0 Å². The molecule has 1 aliphatic heterocycles. The van der Waals surface area contributed by atoms with E-state index in [4.69, 9.17) is 0 Å². The third kappa shape index (κ3) is 5.61. The number of rotatable bonds is 9. The Kier molecular flexibility index (Phi) is 7.94. The van der Waals surface area contributed by atoms with Crippen LogP contribution < -0.4 is 5.32 Å². The molecule has 2 aromatic rings. The summed E-state index contributed by atoms with van der Waals surface area (Å²) in [4.78, 5) is 36.8. The number of anilines is 1. The predicted octanol–water partition coefficient (Wildman–Crippen LogP) is 4.12. The van der Waals surface area contributed by atoms with E-state index >= 15 is 0 Å². The summed E-state index contributed by atoms with van der Waals surface area (Å²) in [6, 6.07) is 13.7. The number of urea groups is 1. The number of benzene rings is 1. The number of carbonyl (C=O) groups is 2. The van der Waals surface area contributed by atoms with E-state index in [2.05, 4.69) is 64.5 Å². The smallest absolute Gasteiger partial charge is 0.320 e. The minimum atomic E-state index is -3.40. The number of nitrogens with zero attached hydrogens (tertiary/aromatic N) is 4. The normalized spacial score (nSPS) is 25.4. The van der Waals surface area contributed by atoms with Crippen LogP contribution in [0.3, 0.4) is 0 Å². The summed E-state index contributed by atoms with van der Waals surface area (Å²) in [6.07, 6.45) is 10.0. The summed E-state index contributed by atoms with van der Waals surface area (Å²) < 4.78 is 23.3. The van der Waals surface area contributed by atoms with E-state index in [-0.39, 0.29) is 34.5 Å². The Morgan fingerprint density at radius 3 is 2.33 bits per heavy atom. The minimum absolute atomic E-state index is 0.0388. The van der Waals surface area contributed by atoms with Crippen LogP contribution in [-0.4, -0.2) is 85.6 Å². The van der Waals surface area contributed by atoms with Crippen molar-refractivity contribution in [3.05, 3.63) is 54.2 Å². The first-order valence-electron chi connectivity index (χ1n) is 14.3. The Labute approximate surface area is 237 Å². The molecule has 2 heterocycles. The lowest BCUT2D eigenvalue weighted by atomic mass is 9.68. The molecule has 0 atom stereocenters. The van der Waals surface area contributed by atoms with Crippen LogP contribution in [0, 0.1) is 5.92 Å². The third-order valence-corrected chi connectivity index (χ3v) is 10.4. The van der Waals surface area contributed by atoms with Crippen LogP contribution in [0.1, 0.15) is 56.9 Å². The average Bonchev–Trinajstić information content (AvgIpc) is 3.15. The average molecular weight is 568 g/mol. The number of pyridine rings is 1. The molecule has 3 aliphatic rings. The van der Waals surface area contributed by atoms with Gasteiger partial charge >= 0.3 is 6.03 Å². The third-order valence-electron chi connectivity index (χ3n) is 9.41. The second-order valence-corrected chi connectivity index (χ2v) is 14.0. The molecular weight excluding hydrogens is 526 g/mol. The number of aromatic nitrogens is 1. The SMILES string of the molecule is CN(C)[C@]1(c2ccccc2)CC[C@]2(CC1)CN(CCC(=O)Nc1ccc(S(C)(=O)=O)nc1)C(=O)N2CC1CCC1. The zero-order valence-corrected chi connectivity index (χ0v) is 24.6. The Morgan fingerprint density at radius 1 is 1.07 bits per heavy atom. The molecule has 9 nitrogen and oxygen atoms in total. The van der Waals surface area contributed by atoms with Crippen molar-refractivity contribution in [2.75, 3.05) is 45.3 Å². The Morgan fingerprint density at radius 2 is 1.77 bits per heavy atom. The highest BCUT2D eigenvalue weighted by molar-refractivity contribution is 7.90. The quantitative estimate of drug-likeness (QED) is 0.489. The lowest BCUT2D eigenvalue weighted by Crippen LogP contribution is -2.56. The first-order chi connectivity index (χ1) is 19.0. The highest BCUT2D eigenvalue weighted by Gasteiger charge is 2.54. The lowest BCUT2D eigenvalue weighted by molar-refractivity contribution is -0.116. The van der Waals surface area contributed by atoms with Gasteiger partial charge in [-0.2, -0.15) is 0 Å². The van der Waals surface area contributed by atoms with Crippen LogP contribution in [0.2, 0.25) is 0 Å². The maximum Gasteiger partial charge on any atom is 0.320 e. The molecule has 1 spiro atoms. The summed E-state index contributed by atoms with van der Waals surface area (Å²) >= 11 is 0. The van der Waals surface area contributed by atoms with Gasteiger partial charge in [-0.1, -0.05) is 36.8 Å². The molecule has 0 unspecified atom stereocenters. The largest absolute Gasteiger partial charge is 0.325 e. The molecular formula is C30H41N5O4S.